The molecule has 13 heteroatoms. The minimum absolute atomic E-state index is 0.0357. The molecule has 0 saturated carbocycles. The monoisotopic (exact) mass is 588 g/mol. The van der Waals surface area contributed by atoms with E-state index >= 15 is 0 Å². The lowest BCUT2D eigenvalue weighted by atomic mass is 9.90. The summed E-state index contributed by atoms with van der Waals surface area (Å²) in [6, 6.07) is 17.4. The van der Waals surface area contributed by atoms with Crippen LogP contribution in [-0.2, 0) is 26.9 Å². The molecule has 0 spiro atoms. The summed E-state index contributed by atoms with van der Waals surface area (Å²) in [5.41, 5.74) is -0.0831. The summed E-state index contributed by atoms with van der Waals surface area (Å²) in [4.78, 5) is 13.9. The number of carbonyl (C=O) groups is 1. The lowest BCUT2D eigenvalue weighted by Crippen LogP contribution is -2.48. The molecule has 1 saturated heterocycles. The number of likely N-dealkylation sites (tertiary alicyclic amines) is 1. The Kier molecular flexibility index (Phi) is 8.12. The molecule has 0 radical (unpaired) electrons. The molecule has 1 atom stereocenters. The molecule has 3 aromatic rings. The molecule has 1 unspecified atom stereocenters. The third-order valence-corrected chi connectivity index (χ3v) is 8.19. The molecule has 0 aliphatic carbocycles. The predicted molar refractivity (Wildman–Crippen MR) is 134 cm³/mol. The minimum atomic E-state index is -4.92. The third-order valence-electron chi connectivity index (χ3n) is 5.90. The van der Waals surface area contributed by atoms with Crippen molar-refractivity contribution in [3.8, 4) is 5.75 Å². The molecule has 202 valence electrons. The van der Waals surface area contributed by atoms with Crippen LogP contribution in [0.25, 0.3) is 0 Å². The Labute approximate surface area is 227 Å². The molecule has 0 bridgehead atoms. The Hall–Kier alpha value is -2.99. The van der Waals surface area contributed by atoms with E-state index in [4.69, 9.17) is 27.9 Å². The van der Waals surface area contributed by atoms with E-state index in [1.807, 2.05) is 18.2 Å². The lowest BCUT2D eigenvalue weighted by Gasteiger charge is -2.31. The normalized spacial score (nSPS) is 17.9. The van der Waals surface area contributed by atoms with Gasteiger partial charge >= 0.3 is 12.5 Å². The molecule has 4 rings (SSSR count). The second-order valence-corrected chi connectivity index (χ2v) is 11.0. The molecule has 1 heterocycles. The average Bonchev–Trinajstić information content (AvgIpc) is 3.29. The van der Waals surface area contributed by atoms with Gasteiger partial charge < -0.3 is 14.4 Å². The topological polar surface area (TPSA) is 84.9 Å². The number of halogens is 5. The van der Waals surface area contributed by atoms with Gasteiger partial charge in [-0.2, -0.15) is 4.72 Å². The summed E-state index contributed by atoms with van der Waals surface area (Å²) in [6.07, 6.45) is -5.39. The predicted octanol–water partition coefficient (Wildman–Crippen LogP) is 6.11. The lowest BCUT2D eigenvalue weighted by molar-refractivity contribution is -0.274. The van der Waals surface area contributed by atoms with E-state index in [-0.39, 0.29) is 41.1 Å². The Morgan fingerprint density at radius 3 is 2.32 bits per heavy atom. The summed E-state index contributed by atoms with van der Waals surface area (Å²) in [6.45, 7) is 0.107. The van der Waals surface area contributed by atoms with Crippen LogP contribution in [0.5, 0.6) is 5.75 Å². The first-order chi connectivity index (χ1) is 17.9. The summed E-state index contributed by atoms with van der Waals surface area (Å²) >= 11 is 12.3. The average molecular weight is 589 g/mol. The number of hydrogen-bond acceptors (Lipinski definition) is 5. The number of amides is 1. The Morgan fingerprint density at radius 2 is 1.68 bits per heavy atom. The van der Waals surface area contributed by atoms with Crippen LogP contribution in [0, 0.1) is 0 Å². The van der Waals surface area contributed by atoms with Crippen LogP contribution in [-0.4, -0.2) is 38.9 Å². The second-order valence-electron chi connectivity index (χ2n) is 8.55. The fourth-order valence-electron chi connectivity index (χ4n) is 4.08. The molecule has 1 amide bonds. The van der Waals surface area contributed by atoms with E-state index in [2.05, 4.69) is 9.46 Å². The number of sulfonamides is 1. The van der Waals surface area contributed by atoms with Crippen molar-refractivity contribution in [1.29, 1.82) is 0 Å². The van der Waals surface area contributed by atoms with Gasteiger partial charge in [0.1, 0.15) is 12.4 Å². The van der Waals surface area contributed by atoms with E-state index in [1.54, 1.807) is 18.2 Å². The first-order valence-corrected chi connectivity index (χ1v) is 13.4. The highest BCUT2D eigenvalue weighted by Gasteiger charge is 2.45. The molecule has 1 fully saturated rings. The number of benzene rings is 3. The summed E-state index contributed by atoms with van der Waals surface area (Å²) in [5.74, 6) is -0.566. The number of alkyl halides is 3. The van der Waals surface area contributed by atoms with Gasteiger partial charge in [-0.1, -0.05) is 59.6 Å². The Balaban J connectivity index is 1.58. The number of rotatable bonds is 7. The van der Waals surface area contributed by atoms with Crippen molar-refractivity contribution in [3.05, 3.63) is 94.0 Å². The zero-order valence-corrected chi connectivity index (χ0v) is 21.9. The van der Waals surface area contributed by atoms with Crippen LogP contribution >= 0.6 is 23.2 Å². The van der Waals surface area contributed by atoms with Gasteiger partial charge in [-0.3, -0.25) is 0 Å². The van der Waals surface area contributed by atoms with Crippen LogP contribution in [0.4, 0.5) is 18.0 Å². The molecule has 1 aliphatic heterocycles. The van der Waals surface area contributed by atoms with Crippen LogP contribution in [0.3, 0.4) is 0 Å². The molecule has 0 aromatic heterocycles. The van der Waals surface area contributed by atoms with E-state index in [0.717, 1.165) is 29.8 Å². The Morgan fingerprint density at radius 1 is 1.00 bits per heavy atom. The molecule has 38 heavy (non-hydrogen) atoms. The first kappa shape index (κ1) is 28.0. The van der Waals surface area contributed by atoms with Gasteiger partial charge in [0.15, 0.2) is 0 Å². The number of hydrogen-bond donors (Lipinski definition) is 1. The third kappa shape index (κ3) is 6.71. The Bertz CT molecular complexity index is 1410. The molecule has 7 nitrogen and oxygen atoms in total. The summed E-state index contributed by atoms with van der Waals surface area (Å²) in [5, 5.41) is 0.437. The van der Waals surface area contributed by atoms with E-state index in [0.29, 0.717) is 5.56 Å². The number of nitrogens with one attached hydrogen (secondary N) is 1. The van der Waals surface area contributed by atoms with Crippen LogP contribution in [0.1, 0.15) is 17.5 Å². The van der Waals surface area contributed by atoms with Crippen LogP contribution < -0.4 is 9.46 Å². The van der Waals surface area contributed by atoms with Gasteiger partial charge in [0.2, 0.25) is 10.0 Å². The summed E-state index contributed by atoms with van der Waals surface area (Å²) in [7, 11) is -4.28. The van der Waals surface area contributed by atoms with Crippen LogP contribution in [0.2, 0.25) is 10.0 Å². The zero-order valence-electron chi connectivity index (χ0n) is 19.5. The van der Waals surface area contributed by atoms with Crippen molar-refractivity contribution < 1.29 is 35.9 Å². The summed E-state index contributed by atoms with van der Waals surface area (Å²) < 4.78 is 76.0. The SMILES string of the molecule is O=C(OCc1ccccc1)N1CCC(NS(=O)(=O)c2ccc(OC(F)(F)F)cc2)(c2ccc(Cl)c(Cl)c2)C1. The second kappa shape index (κ2) is 11.0. The minimum Gasteiger partial charge on any atom is -0.445 e. The van der Waals surface area contributed by atoms with Crippen molar-refractivity contribution in [1.82, 2.24) is 9.62 Å². The van der Waals surface area contributed by atoms with Gasteiger partial charge in [0, 0.05) is 13.1 Å². The van der Waals surface area contributed by atoms with Gasteiger partial charge in [-0.05, 0) is 53.9 Å². The number of nitrogens with zero attached hydrogens (tertiary/aromatic N) is 1. The smallest absolute Gasteiger partial charge is 0.445 e. The zero-order chi connectivity index (χ0) is 27.6. The fourth-order valence-corrected chi connectivity index (χ4v) is 5.79. The molecule has 3 aromatic carbocycles. The maximum atomic E-state index is 13.3. The molecular formula is C25H21Cl2F3N2O5S. The van der Waals surface area contributed by atoms with Crippen molar-refractivity contribution in [2.45, 2.75) is 29.8 Å². The van der Waals surface area contributed by atoms with E-state index in [1.165, 1.54) is 17.0 Å². The largest absolute Gasteiger partial charge is 0.573 e. The number of ether oxygens (including phenoxy) is 2. The van der Waals surface area contributed by atoms with Crippen molar-refractivity contribution in [3.63, 3.8) is 0 Å². The van der Waals surface area contributed by atoms with Crippen LogP contribution in [0.15, 0.2) is 77.7 Å². The quantitative estimate of drug-likeness (QED) is 0.360. The highest BCUT2D eigenvalue weighted by molar-refractivity contribution is 7.89. The van der Waals surface area contributed by atoms with Gasteiger partial charge in [0.05, 0.1) is 20.5 Å². The molecular weight excluding hydrogens is 568 g/mol. The van der Waals surface area contributed by atoms with E-state index in [9.17, 15) is 26.4 Å². The maximum absolute atomic E-state index is 13.3. The van der Waals surface area contributed by atoms with E-state index < -0.39 is 33.8 Å². The first-order valence-electron chi connectivity index (χ1n) is 11.2. The highest BCUT2D eigenvalue weighted by atomic mass is 35.5. The van der Waals surface area contributed by atoms with Gasteiger partial charge in [-0.25, -0.2) is 13.2 Å². The standard InChI is InChI=1S/C25H21Cl2F3N2O5S/c26-21-11-6-18(14-22(21)27)24(12-13-32(16-24)23(33)36-15-17-4-2-1-3-5-17)31-38(34,35)20-9-7-19(8-10-20)37-25(28,29)30/h1-11,14,31H,12-13,15-16H2. The van der Waals surface area contributed by atoms with Gasteiger partial charge in [-0.15, -0.1) is 13.2 Å². The fraction of sp³-hybridized carbons (Fsp3) is 0.240. The molecule has 1 N–H and O–H groups in total. The van der Waals surface area contributed by atoms with Crippen molar-refractivity contribution in [2.24, 2.45) is 0 Å². The molecule has 1 aliphatic rings. The van der Waals surface area contributed by atoms with Crippen molar-refractivity contribution >= 4 is 39.3 Å². The van der Waals surface area contributed by atoms with Gasteiger partial charge in [0.25, 0.3) is 0 Å². The maximum Gasteiger partial charge on any atom is 0.573 e. The van der Waals surface area contributed by atoms with Crippen molar-refractivity contribution in [2.75, 3.05) is 13.1 Å². The highest BCUT2D eigenvalue weighted by Crippen LogP contribution is 2.37. The number of carbonyl (C=O) groups excluding carboxylic acids is 1.